The molecule has 1 aromatic rings. The summed E-state index contributed by atoms with van der Waals surface area (Å²) in [5.41, 5.74) is 0.778. The van der Waals surface area contributed by atoms with E-state index in [9.17, 15) is 14.9 Å². The van der Waals surface area contributed by atoms with Gasteiger partial charge in [0.2, 0.25) is 0 Å². The third-order valence-electron chi connectivity index (χ3n) is 3.57. The SMILES string of the molecule is CCOC(=O)/C(C#N)=C\c1ccc(N2CCCC2)c([N+](=O)[O-])c1. The normalized spacial score (nSPS) is 14.4. The standard InChI is InChI=1S/C16H17N3O4/c1-2-23-16(20)13(11-17)9-12-5-6-14(15(10-12)19(21)22)18-7-3-4-8-18/h5-6,9-10H,2-4,7-8H2,1H3/b13-9-. The number of anilines is 1. The van der Waals surface area contributed by atoms with Crippen molar-refractivity contribution in [2.45, 2.75) is 19.8 Å². The number of hydrogen-bond donors (Lipinski definition) is 0. The van der Waals surface area contributed by atoms with Crippen LogP contribution in [0.25, 0.3) is 6.08 Å². The van der Waals surface area contributed by atoms with Gasteiger partial charge in [-0.2, -0.15) is 5.26 Å². The predicted molar refractivity (Wildman–Crippen MR) is 84.8 cm³/mol. The molecule has 1 aromatic carbocycles. The number of hydrogen-bond acceptors (Lipinski definition) is 6. The minimum atomic E-state index is -0.735. The third kappa shape index (κ3) is 3.86. The van der Waals surface area contributed by atoms with Crippen molar-refractivity contribution in [3.63, 3.8) is 0 Å². The Morgan fingerprint density at radius 2 is 2.17 bits per heavy atom. The Balaban J connectivity index is 2.37. The molecule has 0 radical (unpaired) electrons. The molecule has 0 amide bonds. The van der Waals surface area contributed by atoms with Gasteiger partial charge >= 0.3 is 5.97 Å². The molecule has 0 aliphatic carbocycles. The first-order valence-corrected chi connectivity index (χ1v) is 7.39. The molecule has 1 aliphatic rings. The maximum absolute atomic E-state index is 11.6. The molecule has 2 rings (SSSR count). The summed E-state index contributed by atoms with van der Waals surface area (Å²) in [5.74, 6) is -0.735. The van der Waals surface area contributed by atoms with Gasteiger partial charge in [-0.05, 0) is 37.5 Å². The second kappa shape index (κ2) is 7.40. The van der Waals surface area contributed by atoms with Crippen LogP contribution in [0.2, 0.25) is 0 Å². The zero-order valence-corrected chi connectivity index (χ0v) is 12.8. The molecule has 0 saturated carbocycles. The smallest absolute Gasteiger partial charge is 0.348 e. The highest BCUT2D eigenvalue weighted by molar-refractivity contribution is 5.98. The van der Waals surface area contributed by atoms with Crippen molar-refractivity contribution in [2.24, 2.45) is 0 Å². The second-order valence-corrected chi connectivity index (χ2v) is 5.09. The fraction of sp³-hybridized carbons (Fsp3) is 0.375. The van der Waals surface area contributed by atoms with Gasteiger partial charge in [-0.15, -0.1) is 0 Å². The van der Waals surface area contributed by atoms with Crippen LogP contribution in [0.15, 0.2) is 23.8 Å². The summed E-state index contributed by atoms with van der Waals surface area (Å²) in [6.45, 7) is 3.39. The molecule has 23 heavy (non-hydrogen) atoms. The molecule has 0 unspecified atom stereocenters. The lowest BCUT2D eigenvalue weighted by Gasteiger charge is -2.17. The lowest BCUT2D eigenvalue weighted by molar-refractivity contribution is -0.384. The van der Waals surface area contributed by atoms with Crippen LogP contribution in [0.1, 0.15) is 25.3 Å². The van der Waals surface area contributed by atoms with Crippen molar-refractivity contribution in [2.75, 3.05) is 24.6 Å². The van der Waals surface area contributed by atoms with Gasteiger partial charge in [-0.3, -0.25) is 10.1 Å². The van der Waals surface area contributed by atoms with Crippen molar-refractivity contribution in [3.05, 3.63) is 39.4 Å². The molecule has 0 atom stereocenters. The molecule has 7 heteroatoms. The molecule has 0 N–H and O–H groups in total. The van der Waals surface area contributed by atoms with Crippen LogP contribution in [-0.2, 0) is 9.53 Å². The average molecular weight is 315 g/mol. The Bertz CT molecular complexity index is 685. The monoisotopic (exact) mass is 315 g/mol. The van der Waals surface area contributed by atoms with Gasteiger partial charge < -0.3 is 9.64 Å². The van der Waals surface area contributed by atoms with Crippen LogP contribution in [-0.4, -0.2) is 30.6 Å². The Kier molecular flexibility index (Phi) is 5.31. The van der Waals surface area contributed by atoms with Gasteiger partial charge in [0.05, 0.1) is 11.5 Å². The van der Waals surface area contributed by atoms with E-state index in [0.29, 0.717) is 11.3 Å². The third-order valence-corrected chi connectivity index (χ3v) is 3.57. The molecule has 0 bridgehead atoms. The van der Waals surface area contributed by atoms with E-state index >= 15 is 0 Å². The minimum Gasteiger partial charge on any atom is -0.462 e. The van der Waals surface area contributed by atoms with Crippen LogP contribution >= 0.6 is 0 Å². The Morgan fingerprint density at radius 3 is 2.74 bits per heavy atom. The number of nitro groups is 1. The number of benzene rings is 1. The summed E-state index contributed by atoms with van der Waals surface area (Å²) in [5, 5.41) is 20.4. The molecular weight excluding hydrogens is 298 g/mol. The number of rotatable bonds is 5. The summed E-state index contributed by atoms with van der Waals surface area (Å²) in [6.07, 6.45) is 3.33. The predicted octanol–water partition coefficient (Wildman–Crippen LogP) is 2.67. The number of nitriles is 1. The van der Waals surface area contributed by atoms with Crippen LogP contribution in [0.4, 0.5) is 11.4 Å². The lowest BCUT2D eigenvalue weighted by Crippen LogP contribution is -2.18. The number of carbonyl (C=O) groups is 1. The van der Waals surface area contributed by atoms with Crippen LogP contribution in [0, 0.1) is 21.4 Å². The minimum absolute atomic E-state index is 0.0261. The first-order chi connectivity index (χ1) is 11.1. The van der Waals surface area contributed by atoms with E-state index in [1.54, 1.807) is 25.1 Å². The highest BCUT2D eigenvalue weighted by atomic mass is 16.6. The van der Waals surface area contributed by atoms with E-state index in [2.05, 4.69) is 0 Å². The maximum atomic E-state index is 11.6. The molecule has 7 nitrogen and oxygen atoms in total. The van der Waals surface area contributed by atoms with Crippen molar-refractivity contribution in [1.29, 1.82) is 5.26 Å². The Hall–Kier alpha value is -2.88. The molecule has 1 heterocycles. The van der Waals surface area contributed by atoms with Crippen molar-refractivity contribution in [3.8, 4) is 6.07 Å². The molecule has 120 valence electrons. The zero-order valence-electron chi connectivity index (χ0n) is 12.8. The summed E-state index contributed by atoms with van der Waals surface area (Å²) in [7, 11) is 0. The first kappa shape index (κ1) is 16.5. The second-order valence-electron chi connectivity index (χ2n) is 5.09. The van der Waals surface area contributed by atoms with Crippen LogP contribution in [0.5, 0.6) is 0 Å². The topological polar surface area (TPSA) is 96.5 Å². The average Bonchev–Trinajstić information content (AvgIpc) is 3.06. The van der Waals surface area contributed by atoms with Gasteiger partial charge in [-0.1, -0.05) is 6.07 Å². The highest BCUT2D eigenvalue weighted by Gasteiger charge is 2.22. The first-order valence-electron chi connectivity index (χ1n) is 7.39. The zero-order chi connectivity index (χ0) is 16.8. The van der Waals surface area contributed by atoms with Crippen molar-refractivity contribution in [1.82, 2.24) is 0 Å². The van der Waals surface area contributed by atoms with Gasteiger partial charge in [0.15, 0.2) is 0 Å². The van der Waals surface area contributed by atoms with E-state index in [0.717, 1.165) is 25.9 Å². The van der Waals surface area contributed by atoms with Gasteiger partial charge in [0.25, 0.3) is 5.69 Å². The van der Waals surface area contributed by atoms with Crippen molar-refractivity contribution < 1.29 is 14.5 Å². The van der Waals surface area contributed by atoms with E-state index in [1.807, 2.05) is 4.90 Å². The maximum Gasteiger partial charge on any atom is 0.348 e. The fourth-order valence-corrected chi connectivity index (χ4v) is 2.51. The van der Waals surface area contributed by atoms with E-state index in [4.69, 9.17) is 10.00 Å². The fourth-order valence-electron chi connectivity index (χ4n) is 2.51. The summed E-state index contributed by atoms with van der Waals surface area (Å²) >= 11 is 0. The van der Waals surface area contributed by atoms with Gasteiger partial charge in [-0.25, -0.2) is 4.79 Å². The molecular formula is C16H17N3O4. The Morgan fingerprint density at radius 1 is 1.48 bits per heavy atom. The molecule has 0 aromatic heterocycles. The molecule has 1 saturated heterocycles. The lowest BCUT2D eigenvalue weighted by atomic mass is 10.1. The number of esters is 1. The largest absolute Gasteiger partial charge is 0.462 e. The van der Waals surface area contributed by atoms with Crippen molar-refractivity contribution >= 4 is 23.4 Å². The highest BCUT2D eigenvalue weighted by Crippen LogP contribution is 2.32. The quantitative estimate of drug-likeness (QED) is 0.272. The molecule has 0 spiro atoms. The van der Waals surface area contributed by atoms with E-state index < -0.39 is 10.9 Å². The molecule has 1 aliphatic heterocycles. The number of carbonyl (C=O) groups excluding carboxylic acids is 1. The molecule has 1 fully saturated rings. The van der Waals surface area contributed by atoms with Crippen LogP contribution < -0.4 is 4.90 Å². The number of nitro benzene ring substituents is 1. The number of nitrogens with zero attached hydrogens (tertiary/aromatic N) is 3. The summed E-state index contributed by atoms with van der Waals surface area (Å²) in [6, 6.07) is 6.47. The number of ether oxygens (including phenoxy) is 1. The van der Waals surface area contributed by atoms with Gasteiger partial charge in [0, 0.05) is 19.2 Å². The summed E-state index contributed by atoms with van der Waals surface area (Å²) in [4.78, 5) is 24.5. The Labute approximate surface area is 133 Å². The summed E-state index contributed by atoms with van der Waals surface area (Å²) < 4.78 is 4.78. The van der Waals surface area contributed by atoms with E-state index in [-0.39, 0.29) is 17.9 Å². The van der Waals surface area contributed by atoms with Gasteiger partial charge in [0.1, 0.15) is 17.3 Å². The van der Waals surface area contributed by atoms with Crippen LogP contribution in [0.3, 0.4) is 0 Å². The van der Waals surface area contributed by atoms with E-state index in [1.165, 1.54) is 12.1 Å².